The second-order valence-electron chi connectivity index (χ2n) is 5.85. The summed E-state index contributed by atoms with van der Waals surface area (Å²) >= 11 is 0. The molecule has 6 nitrogen and oxygen atoms in total. The van der Waals surface area contributed by atoms with E-state index < -0.39 is 6.09 Å². The van der Waals surface area contributed by atoms with Crippen molar-refractivity contribution < 1.29 is 23.5 Å². The number of ether oxygens (including phenoxy) is 1. The molecule has 122 valence electrons. The number of benzene rings is 1. The number of likely N-dealkylation sites (tertiary alicyclic amines) is 1. The van der Waals surface area contributed by atoms with Crippen LogP contribution in [0.5, 0.6) is 0 Å². The minimum absolute atomic E-state index is 0.0387. The van der Waals surface area contributed by atoms with Gasteiger partial charge in [-0.3, -0.25) is 9.59 Å². The van der Waals surface area contributed by atoms with Crippen molar-refractivity contribution in [1.82, 2.24) is 9.80 Å². The lowest BCUT2D eigenvalue weighted by molar-refractivity contribution is -0.142. The molecule has 2 aliphatic rings. The van der Waals surface area contributed by atoms with Crippen molar-refractivity contribution in [3.05, 3.63) is 35.1 Å². The Balaban J connectivity index is 1.48. The largest absolute Gasteiger partial charge is 0.439 e. The van der Waals surface area contributed by atoms with Crippen molar-refractivity contribution in [2.24, 2.45) is 0 Å². The van der Waals surface area contributed by atoms with Crippen molar-refractivity contribution >= 4 is 17.9 Å². The highest BCUT2D eigenvalue weighted by Crippen LogP contribution is 2.21. The maximum atomic E-state index is 13.2. The van der Waals surface area contributed by atoms with Gasteiger partial charge in [-0.05, 0) is 30.5 Å². The monoisotopic (exact) mass is 320 g/mol. The van der Waals surface area contributed by atoms with Crippen LogP contribution in [0.25, 0.3) is 0 Å². The summed E-state index contributed by atoms with van der Waals surface area (Å²) in [5.74, 6) is -0.648. The van der Waals surface area contributed by atoms with E-state index in [0.717, 1.165) is 10.5 Å². The first kappa shape index (κ1) is 15.5. The molecule has 0 radical (unpaired) electrons. The lowest BCUT2D eigenvalue weighted by Gasteiger charge is -2.42. The number of cyclic esters (lactones) is 1. The summed E-state index contributed by atoms with van der Waals surface area (Å²) in [6.45, 7) is 2.17. The number of amides is 3. The van der Waals surface area contributed by atoms with Gasteiger partial charge in [0, 0.05) is 19.5 Å². The van der Waals surface area contributed by atoms with E-state index in [2.05, 4.69) is 4.74 Å². The van der Waals surface area contributed by atoms with Crippen LogP contribution in [0.4, 0.5) is 9.18 Å². The van der Waals surface area contributed by atoms with Crippen molar-refractivity contribution in [1.29, 1.82) is 0 Å². The molecule has 2 aliphatic heterocycles. The lowest BCUT2D eigenvalue weighted by atomic mass is 10.0. The molecular weight excluding hydrogens is 303 g/mol. The van der Waals surface area contributed by atoms with E-state index in [0.29, 0.717) is 31.5 Å². The third kappa shape index (κ3) is 3.04. The van der Waals surface area contributed by atoms with Gasteiger partial charge in [0.2, 0.25) is 5.91 Å². The first-order valence-electron chi connectivity index (χ1n) is 7.47. The molecule has 0 N–H and O–H groups in total. The Bertz CT molecular complexity index is 654. The maximum absolute atomic E-state index is 13.2. The third-order valence-corrected chi connectivity index (χ3v) is 4.21. The molecule has 0 bridgehead atoms. The fourth-order valence-electron chi connectivity index (χ4n) is 2.81. The summed E-state index contributed by atoms with van der Waals surface area (Å²) in [6.07, 6.45) is 0.219. The lowest BCUT2D eigenvalue weighted by Crippen LogP contribution is -2.62. The third-order valence-electron chi connectivity index (χ3n) is 4.21. The van der Waals surface area contributed by atoms with E-state index in [9.17, 15) is 18.8 Å². The second kappa shape index (κ2) is 5.98. The van der Waals surface area contributed by atoms with Gasteiger partial charge in [-0.25, -0.2) is 14.1 Å². The summed E-state index contributed by atoms with van der Waals surface area (Å²) in [5.41, 5.74) is 1.47. The van der Waals surface area contributed by atoms with Crippen LogP contribution in [0.2, 0.25) is 0 Å². The molecule has 2 fully saturated rings. The minimum Gasteiger partial charge on any atom is -0.439 e. The van der Waals surface area contributed by atoms with Crippen LogP contribution in [-0.2, 0) is 20.7 Å². The smallest absolute Gasteiger partial charge is 0.417 e. The van der Waals surface area contributed by atoms with Gasteiger partial charge in [-0.15, -0.1) is 0 Å². The highest BCUT2D eigenvalue weighted by atomic mass is 19.1. The quantitative estimate of drug-likeness (QED) is 0.837. The van der Waals surface area contributed by atoms with Gasteiger partial charge in [0.1, 0.15) is 5.82 Å². The first-order chi connectivity index (χ1) is 11.0. The fourth-order valence-corrected chi connectivity index (χ4v) is 2.81. The van der Waals surface area contributed by atoms with Gasteiger partial charge in [0.25, 0.3) is 5.91 Å². The topological polar surface area (TPSA) is 66.9 Å². The molecule has 0 atom stereocenters. The van der Waals surface area contributed by atoms with Gasteiger partial charge in [0.15, 0.2) is 6.61 Å². The molecule has 2 heterocycles. The summed E-state index contributed by atoms with van der Waals surface area (Å²) in [7, 11) is 0. The Hall–Kier alpha value is -2.44. The zero-order chi connectivity index (χ0) is 16.6. The molecule has 7 heteroatoms. The molecule has 23 heavy (non-hydrogen) atoms. The number of nitrogens with zero attached hydrogens (tertiary/aromatic N) is 2. The highest BCUT2D eigenvalue weighted by molar-refractivity contribution is 5.98. The van der Waals surface area contributed by atoms with Gasteiger partial charge < -0.3 is 9.64 Å². The average molecular weight is 320 g/mol. The number of aryl methyl sites for hydroxylation is 2. The molecular formula is C16H17FN2O4. The highest BCUT2D eigenvalue weighted by Gasteiger charge is 2.44. The van der Waals surface area contributed by atoms with Crippen molar-refractivity contribution in [3.63, 3.8) is 0 Å². The predicted octanol–water partition coefficient (Wildman–Crippen LogP) is 1.26. The van der Waals surface area contributed by atoms with E-state index in [4.69, 9.17) is 0 Å². The fraction of sp³-hybridized carbons (Fsp3) is 0.438. The van der Waals surface area contributed by atoms with Crippen LogP contribution in [0.3, 0.4) is 0 Å². The molecule has 0 aliphatic carbocycles. The number of rotatable bonds is 4. The number of hydrogen-bond acceptors (Lipinski definition) is 4. The van der Waals surface area contributed by atoms with E-state index >= 15 is 0 Å². The Morgan fingerprint density at radius 1 is 1.35 bits per heavy atom. The Labute approximate surface area is 132 Å². The van der Waals surface area contributed by atoms with Crippen LogP contribution in [0.1, 0.15) is 17.5 Å². The second-order valence-corrected chi connectivity index (χ2v) is 5.85. The summed E-state index contributed by atoms with van der Waals surface area (Å²) < 4.78 is 17.9. The van der Waals surface area contributed by atoms with E-state index in [1.165, 1.54) is 6.07 Å². The summed E-state index contributed by atoms with van der Waals surface area (Å²) in [6, 6.07) is 4.53. The summed E-state index contributed by atoms with van der Waals surface area (Å²) in [5, 5.41) is 0. The molecule has 1 aromatic carbocycles. The van der Waals surface area contributed by atoms with Crippen LogP contribution in [0.15, 0.2) is 18.2 Å². The number of imide groups is 1. The first-order valence-corrected chi connectivity index (χ1v) is 7.47. The van der Waals surface area contributed by atoms with Gasteiger partial charge in [0.05, 0.1) is 6.04 Å². The van der Waals surface area contributed by atoms with E-state index in [-0.39, 0.29) is 30.3 Å². The SMILES string of the molecule is Cc1cc(CCC(=O)N2CC(N3C(=O)COC3=O)C2)ccc1F. The molecule has 0 spiro atoms. The number of hydrogen-bond donors (Lipinski definition) is 0. The van der Waals surface area contributed by atoms with Gasteiger partial charge >= 0.3 is 6.09 Å². The van der Waals surface area contributed by atoms with E-state index in [1.54, 1.807) is 24.0 Å². The number of carbonyl (C=O) groups is 3. The molecule has 1 aromatic rings. The minimum atomic E-state index is -0.631. The molecule has 0 unspecified atom stereocenters. The van der Waals surface area contributed by atoms with Crippen LogP contribution < -0.4 is 0 Å². The summed E-state index contributed by atoms with van der Waals surface area (Å²) in [4.78, 5) is 37.7. The normalized spacial score (nSPS) is 18.2. The maximum Gasteiger partial charge on any atom is 0.417 e. The zero-order valence-electron chi connectivity index (χ0n) is 12.8. The average Bonchev–Trinajstić information content (AvgIpc) is 2.79. The van der Waals surface area contributed by atoms with Crippen molar-refractivity contribution in [3.8, 4) is 0 Å². The Morgan fingerprint density at radius 2 is 2.09 bits per heavy atom. The van der Waals surface area contributed by atoms with Crippen molar-refractivity contribution in [2.45, 2.75) is 25.8 Å². The molecule has 3 rings (SSSR count). The number of carbonyl (C=O) groups excluding carboxylic acids is 3. The van der Waals surface area contributed by atoms with E-state index in [1.807, 2.05) is 0 Å². The Morgan fingerprint density at radius 3 is 2.70 bits per heavy atom. The van der Waals surface area contributed by atoms with Gasteiger partial charge in [-0.2, -0.15) is 0 Å². The number of halogens is 1. The van der Waals surface area contributed by atoms with Gasteiger partial charge in [-0.1, -0.05) is 12.1 Å². The van der Waals surface area contributed by atoms with Crippen LogP contribution >= 0.6 is 0 Å². The zero-order valence-corrected chi connectivity index (χ0v) is 12.8. The predicted molar refractivity (Wildman–Crippen MR) is 78.0 cm³/mol. The molecule has 2 saturated heterocycles. The van der Waals surface area contributed by atoms with Crippen LogP contribution in [-0.4, -0.2) is 53.4 Å². The molecule has 0 saturated carbocycles. The van der Waals surface area contributed by atoms with Crippen LogP contribution in [0, 0.1) is 12.7 Å². The molecule has 3 amide bonds. The van der Waals surface area contributed by atoms with Crippen molar-refractivity contribution in [2.75, 3.05) is 19.7 Å². The Kier molecular flexibility index (Phi) is 4.02. The standard InChI is InChI=1S/C16H17FN2O4/c1-10-6-11(2-4-13(10)17)3-5-14(20)18-7-12(8-18)19-15(21)9-23-16(19)22/h2,4,6,12H,3,5,7-9H2,1H3. The molecule has 0 aromatic heterocycles.